The molecule has 0 bridgehead atoms. The molecule has 0 saturated heterocycles. The smallest absolute Gasteiger partial charge is 0.368 e. The van der Waals surface area contributed by atoms with Gasteiger partial charge in [0.15, 0.2) is 0 Å². The van der Waals surface area contributed by atoms with E-state index in [1.807, 2.05) is 6.92 Å². The Morgan fingerprint density at radius 1 is 1.21 bits per heavy atom. The maximum absolute atomic E-state index is 12.2. The van der Waals surface area contributed by atoms with Crippen molar-refractivity contribution < 1.29 is 4.84 Å². The van der Waals surface area contributed by atoms with Gasteiger partial charge in [0.05, 0.1) is 11.4 Å². The van der Waals surface area contributed by atoms with E-state index < -0.39 is 0 Å². The number of rotatable bonds is 5. The van der Waals surface area contributed by atoms with E-state index in [0.29, 0.717) is 16.3 Å². The zero-order valence-electron chi connectivity index (χ0n) is 15.7. The molecule has 1 aromatic heterocycles. The van der Waals surface area contributed by atoms with Crippen LogP contribution in [0.4, 0.5) is 0 Å². The molecule has 0 radical (unpaired) electrons. The fraction of sp³-hybridized carbons (Fsp3) is 0.300. The Morgan fingerprint density at radius 2 is 2.04 bits per heavy atom. The number of oxime groups is 1. The van der Waals surface area contributed by atoms with Crippen molar-refractivity contribution in [3.8, 4) is 5.69 Å². The first kappa shape index (κ1) is 18.4. The lowest BCUT2D eigenvalue weighted by Gasteiger charge is -2.10. The van der Waals surface area contributed by atoms with Crippen LogP contribution in [0, 0.1) is 0 Å². The van der Waals surface area contributed by atoms with Crippen LogP contribution in [0.5, 0.6) is 0 Å². The van der Waals surface area contributed by atoms with Crippen LogP contribution in [0.1, 0.15) is 35.6 Å². The predicted octanol–water partition coefficient (Wildman–Crippen LogP) is 3.05. The number of aryl methyl sites for hydroxylation is 3. The predicted molar refractivity (Wildman–Crippen MR) is 107 cm³/mol. The zero-order valence-corrected chi connectivity index (χ0v) is 16.5. The average molecular weight is 398 g/mol. The van der Waals surface area contributed by atoms with Gasteiger partial charge in [0, 0.05) is 17.6 Å². The van der Waals surface area contributed by atoms with E-state index in [2.05, 4.69) is 33.8 Å². The molecule has 8 heteroatoms. The Labute approximate surface area is 167 Å². The third-order valence-corrected chi connectivity index (χ3v) is 5.32. The molecule has 1 aliphatic carbocycles. The molecule has 0 saturated carbocycles. The summed E-state index contributed by atoms with van der Waals surface area (Å²) in [6.07, 6.45) is 3.48. The molecule has 0 atom stereocenters. The molecule has 0 N–H and O–H groups in total. The van der Waals surface area contributed by atoms with Crippen LogP contribution >= 0.6 is 11.6 Å². The topological polar surface area (TPSA) is 74.3 Å². The van der Waals surface area contributed by atoms with Crippen molar-refractivity contribution in [1.82, 2.24) is 19.8 Å². The first-order chi connectivity index (χ1) is 13.5. The van der Waals surface area contributed by atoms with E-state index in [4.69, 9.17) is 16.4 Å². The highest BCUT2D eigenvalue weighted by Gasteiger charge is 2.15. The number of benzene rings is 2. The number of hydrogen-bond acceptors (Lipinski definition) is 5. The molecule has 4 rings (SSSR count). The summed E-state index contributed by atoms with van der Waals surface area (Å²) in [5, 5.41) is 12.3. The Bertz CT molecular complexity index is 1120. The van der Waals surface area contributed by atoms with E-state index >= 15 is 0 Å². The van der Waals surface area contributed by atoms with Gasteiger partial charge in [-0.1, -0.05) is 35.0 Å². The highest BCUT2D eigenvalue weighted by atomic mass is 35.5. The van der Waals surface area contributed by atoms with Crippen LogP contribution in [-0.4, -0.2) is 25.5 Å². The van der Waals surface area contributed by atoms with E-state index in [1.54, 1.807) is 18.2 Å². The van der Waals surface area contributed by atoms with Crippen LogP contribution in [0.3, 0.4) is 0 Å². The molecule has 0 unspecified atom stereocenters. The highest BCUT2D eigenvalue weighted by Crippen LogP contribution is 2.24. The summed E-state index contributed by atoms with van der Waals surface area (Å²) >= 11 is 6.34. The van der Waals surface area contributed by atoms with Crippen LogP contribution in [0.2, 0.25) is 5.02 Å². The lowest BCUT2D eigenvalue weighted by molar-refractivity contribution is 0.130. The molecule has 0 aliphatic heterocycles. The number of nitrogens with zero attached hydrogens (tertiary/aromatic N) is 5. The maximum Gasteiger partial charge on any atom is 0.368 e. The summed E-state index contributed by atoms with van der Waals surface area (Å²) < 4.78 is 2.35. The molecule has 7 nitrogen and oxygen atoms in total. The summed E-state index contributed by atoms with van der Waals surface area (Å²) in [6, 6.07) is 11.7. The lowest BCUT2D eigenvalue weighted by Crippen LogP contribution is -2.23. The van der Waals surface area contributed by atoms with E-state index in [9.17, 15) is 4.79 Å². The minimum absolute atomic E-state index is 0.111. The van der Waals surface area contributed by atoms with E-state index in [-0.39, 0.29) is 12.3 Å². The van der Waals surface area contributed by atoms with Crippen molar-refractivity contribution in [3.63, 3.8) is 0 Å². The summed E-state index contributed by atoms with van der Waals surface area (Å²) in [6.45, 7) is 2.03. The SMILES string of the molecule is CC(=NOCc1c(Cl)cccc1-n1nnn(C)c1=O)c1ccc2c(c1)CCC2. The maximum atomic E-state index is 12.2. The summed E-state index contributed by atoms with van der Waals surface area (Å²) in [7, 11) is 1.54. The first-order valence-corrected chi connectivity index (χ1v) is 9.48. The molecular weight excluding hydrogens is 378 g/mol. The van der Waals surface area contributed by atoms with E-state index in [1.165, 1.54) is 29.3 Å². The van der Waals surface area contributed by atoms with Crippen molar-refractivity contribution in [2.75, 3.05) is 0 Å². The molecule has 1 aliphatic rings. The van der Waals surface area contributed by atoms with Crippen molar-refractivity contribution >= 4 is 17.3 Å². The summed E-state index contributed by atoms with van der Waals surface area (Å²) in [4.78, 5) is 17.8. The molecule has 1 heterocycles. The van der Waals surface area contributed by atoms with Crippen molar-refractivity contribution in [1.29, 1.82) is 0 Å². The Kier molecular flexibility index (Phi) is 5.00. The van der Waals surface area contributed by atoms with Crippen LogP contribution < -0.4 is 5.69 Å². The standard InChI is InChI=1S/C20H20ClN5O2/c1-13(15-10-9-14-5-3-6-16(14)11-15)22-28-12-17-18(21)7-4-8-19(17)26-20(27)25(2)23-24-26/h4,7-11H,3,5-6,12H2,1-2H3. The fourth-order valence-corrected chi connectivity index (χ4v) is 3.62. The molecule has 0 spiro atoms. The van der Waals surface area contributed by atoms with Gasteiger partial charge in [-0.3, -0.25) is 0 Å². The molecule has 144 valence electrons. The van der Waals surface area contributed by atoms with Crippen molar-refractivity contribution in [3.05, 3.63) is 74.2 Å². The third kappa shape index (κ3) is 3.45. The average Bonchev–Trinajstić information content (AvgIpc) is 3.29. The number of fused-ring (bicyclic) bond motifs is 1. The normalized spacial score (nSPS) is 13.6. The number of hydrogen-bond donors (Lipinski definition) is 0. The Hall–Kier alpha value is -2.93. The van der Waals surface area contributed by atoms with Gasteiger partial charge >= 0.3 is 5.69 Å². The molecule has 2 aromatic carbocycles. The second-order valence-corrected chi connectivity index (χ2v) is 7.23. The van der Waals surface area contributed by atoms with Crippen LogP contribution in [0.15, 0.2) is 46.3 Å². The summed E-state index contributed by atoms with van der Waals surface area (Å²) in [5.41, 5.74) is 5.44. The van der Waals surface area contributed by atoms with Crippen molar-refractivity contribution in [2.45, 2.75) is 32.8 Å². The Morgan fingerprint density at radius 3 is 2.82 bits per heavy atom. The van der Waals surface area contributed by atoms with Gasteiger partial charge in [0.25, 0.3) is 0 Å². The van der Waals surface area contributed by atoms with Crippen LogP contribution in [-0.2, 0) is 31.3 Å². The third-order valence-electron chi connectivity index (χ3n) is 4.97. The number of aromatic nitrogens is 4. The minimum Gasteiger partial charge on any atom is -0.391 e. The van der Waals surface area contributed by atoms with Crippen LogP contribution in [0.25, 0.3) is 5.69 Å². The number of tetrazole rings is 1. The second-order valence-electron chi connectivity index (χ2n) is 6.82. The van der Waals surface area contributed by atoms with E-state index in [0.717, 1.165) is 28.8 Å². The quantitative estimate of drug-likeness (QED) is 0.490. The molecular formula is C20H20ClN5O2. The first-order valence-electron chi connectivity index (χ1n) is 9.10. The second kappa shape index (κ2) is 7.59. The lowest BCUT2D eigenvalue weighted by atomic mass is 10.0. The van der Waals surface area contributed by atoms with Gasteiger partial charge in [-0.25, -0.2) is 4.79 Å². The fourth-order valence-electron chi connectivity index (χ4n) is 3.40. The zero-order chi connectivity index (χ0) is 19.7. The molecule has 0 amide bonds. The number of halogens is 1. The largest absolute Gasteiger partial charge is 0.391 e. The van der Waals surface area contributed by atoms with Gasteiger partial charge in [-0.15, -0.1) is 0 Å². The van der Waals surface area contributed by atoms with Gasteiger partial charge in [-0.2, -0.15) is 9.36 Å². The van der Waals surface area contributed by atoms with Gasteiger partial charge in [-0.05, 0) is 71.5 Å². The Balaban J connectivity index is 1.56. The summed E-state index contributed by atoms with van der Waals surface area (Å²) in [5.74, 6) is 0. The minimum atomic E-state index is -0.360. The van der Waals surface area contributed by atoms with Crippen molar-refractivity contribution in [2.24, 2.45) is 12.2 Å². The molecule has 3 aromatic rings. The van der Waals surface area contributed by atoms with Gasteiger partial charge < -0.3 is 4.84 Å². The molecule has 28 heavy (non-hydrogen) atoms. The monoisotopic (exact) mass is 397 g/mol. The highest BCUT2D eigenvalue weighted by molar-refractivity contribution is 6.31. The van der Waals surface area contributed by atoms with Gasteiger partial charge in [0.1, 0.15) is 6.61 Å². The van der Waals surface area contributed by atoms with Gasteiger partial charge in [0.2, 0.25) is 0 Å². The molecule has 0 fully saturated rings.